The van der Waals surface area contributed by atoms with Crippen LogP contribution in [0.2, 0.25) is 0 Å². The van der Waals surface area contributed by atoms with E-state index >= 15 is 0 Å². The third-order valence-electron chi connectivity index (χ3n) is 3.57. The molecule has 114 valence electrons. The predicted octanol–water partition coefficient (Wildman–Crippen LogP) is 2.63. The van der Waals surface area contributed by atoms with E-state index in [0.717, 1.165) is 0 Å². The summed E-state index contributed by atoms with van der Waals surface area (Å²) in [4.78, 5) is 14.2. The second-order valence-corrected chi connectivity index (χ2v) is 5.64. The van der Waals surface area contributed by atoms with Crippen molar-refractivity contribution in [3.05, 3.63) is 41.5 Å². The number of benzene rings is 1. The maximum absolute atomic E-state index is 12.4. The van der Waals surface area contributed by atoms with Crippen molar-refractivity contribution in [2.45, 2.75) is 32.8 Å². The van der Waals surface area contributed by atoms with Crippen LogP contribution < -0.4 is 4.74 Å². The number of hydrogen-bond donors (Lipinski definition) is 1. The van der Waals surface area contributed by atoms with Crippen molar-refractivity contribution in [1.29, 1.82) is 0 Å². The third-order valence-corrected chi connectivity index (χ3v) is 3.57. The van der Waals surface area contributed by atoms with Gasteiger partial charge in [-0.25, -0.2) is 0 Å². The average Bonchev–Trinajstić information content (AvgIpc) is 2.47. The number of aliphatic hydroxyl groups excluding tert-OH is 1. The van der Waals surface area contributed by atoms with E-state index in [2.05, 4.69) is 0 Å². The molecule has 2 rings (SSSR count). The van der Waals surface area contributed by atoms with Gasteiger partial charge in [0.05, 0.1) is 6.10 Å². The number of rotatable bonds is 4. The van der Waals surface area contributed by atoms with Crippen molar-refractivity contribution >= 4 is 5.91 Å². The molecule has 4 heteroatoms. The molecule has 0 atom stereocenters. The molecule has 1 aliphatic rings. The van der Waals surface area contributed by atoms with Crippen LogP contribution in [0.15, 0.2) is 35.9 Å². The Balaban J connectivity index is 1.99. The number of aliphatic hydroxyl groups is 1. The second kappa shape index (κ2) is 7.27. The number of piperidine rings is 1. The van der Waals surface area contributed by atoms with Gasteiger partial charge in [-0.3, -0.25) is 4.79 Å². The van der Waals surface area contributed by atoms with Crippen LogP contribution in [0.3, 0.4) is 0 Å². The Bertz CT molecular complexity index is 513. The molecule has 0 aliphatic carbocycles. The van der Waals surface area contributed by atoms with Crippen molar-refractivity contribution in [3.8, 4) is 5.75 Å². The molecule has 4 nitrogen and oxygen atoms in total. The maximum Gasteiger partial charge on any atom is 0.253 e. The highest BCUT2D eigenvalue weighted by Gasteiger charge is 2.22. The summed E-state index contributed by atoms with van der Waals surface area (Å²) in [7, 11) is 0. The largest absolute Gasteiger partial charge is 0.490 e. The Morgan fingerprint density at radius 2 is 2.10 bits per heavy atom. The van der Waals surface area contributed by atoms with E-state index in [1.807, 2.05) is 32.1 Å². The molecule has 1 N–H and O–H groups in total. The quantitative estimate of drug-likeness (QED) is 0.867. The second-order valence-electron chi connectivity index (χ2n) is 5.64. The lowest BCUT2D eigenvalue weighted by Crippen LogP contribution is -2.40. The Labute approximate surface area is 126 Å². The molecule has 0 bridgehead atoms. The van der Waals surface area contributed by atoms with Gasteiger partial charge >= 0.3 is 0 Å². The fraction of sp³-hybridized carbons (Fsp3) is 0.471. The molecule has 1 aromatic rings. The number of carbonyl (C=O) groups excluding carboxylic acids is 1. The Morgan fingerprint density at radius 1 is 1.38 bits per heavy atom. The summed E-state index contributed by atoms with van der Waals surface area (Å²) in [5, 5.41) is 9.50. The van der Waals surface area contributed by atoms with E-state index in [4.69, 9.17) is 4.74 Å². The van der Waals surface area contributed by atoms with Crippen LogP contribution in [0.25, 0.3) is 0 Å². The minimum atomic E-state index is -0.271. The zero-order chi connectivity index (χ0) is 15.2. The summed E-state index contributed by atoms with van der Waals surface area (Å²) >= 11 is 0. The van der Waals surface area contributed by atoms with Crippen LogP contribution in [0.5, 0.6) is 5.75 Å². The zero-order valence-electron chi connectivity index (χ0n) is 12.7. The molecule has 0 spiro atoms. The average molecular weight is 289 g/mol. The fourth-order valence-corrected chi connectivity index (χ4v) is 2.27. The minimum absolute atomic E-state index is 0.00886. The van der Waals surface area contributed by atoms with Crippen molar-refractivity contribution in [2.24, 2.45) is 0 Å². The Hall–Kier alpha value is -1.81. The van der Waals surface area contributed by atoms with E-state index in [9.17, 15) is 9.90 Å². The van der Waals surface area contributed by atoms with Crippen LogP contribution in [0.4, 0.5) is 0 Å². The molecule has 1 fully saturated rings. The third kappa shape index (κ3) is 4.60. The minimum Gasteiger partial charge on any atom is -0.490 e. The van der Waals surface area contributed by atoms with E-state index < -0.39 is 0 Å². The van der Waals surface area contributed by atoms with E-state index in [0.29, 0.717) is 43.9 Å². The van der Waals surface area contributed by atoms with Gasteiger partial charge in [-0.15, -0.1) is 0 Å². The van der Waals surface area contributed by atoms with Gasteiger partial charge in [0.1, 0.15) is 12.4 Å². The highest BCUT2D eigenvalue weighted by molar-refractivity contribution is 5.94. The monoisotopic (exact) mass is 289 g/mol. The normalized spacial score (nSPS) is 15.7. The standard InChI is InChI=1S/C17H23NO3/c1-13(2)8-11-21-16-5-3-4-14(12-16)17(20)18-9-6-15(19)7-10-18/h3-5,8,12,15,19H,6-7,9-11H2,1-2H3. The van der Waals surface area contributed by atoms with Gasteiger partial charge in [-0.1, -0.05) is 11.6 Å². The van der Waals surface area contributed by atoms with Crippen LogP contribution in [0, 0.1) is 0 Å². The SMILES string of the molecule is CC(C)=CCOc1cccc(C(=O)N2CCC(O)CC2)c1. The van der Waals surface area contributed by atoms with E-state index in [-0.39, 0.29) is 12.0 Å². The first kappa shape index (κ1) is 15.6. The van der Waals surface area contributed by atoms with Gasteiger partial charge in [0.2, 0.25) is 0 Å². The number of nitrogens with zero attached hydrogens (tertiary/aromatic N) is 1. The maximum atomic E-state index is 12.4. The zero-order valence-corrected chi connectivity index (χ0v) is 12.7. The first-order valence-electron chi connectivity index (χ1n) is 7.40. The Kier molecular flexibility index (Phi) is 5.39. The van der Waals surface area contributed by atoms with Gasteiger partial charge in [-0.2, -0.15) is 0 Å². The fourth-order valence-electron chi connectivity index (χ4n) is 2.27. The van der Waals surface area contributed by atoms with Crippen LogP contribution >= 0.6 is 0 Å². The molecule has 1 aromatic carbocycles. The molecular weight excluding hydrogens is 266 g/mol. The van der Waals surface area contributed by atoms with Gasteiger partial charge in [0.25, 0.3) is 5.91 Å². The van der Waals surface area contributed by atoms with Crippen molar-refractivity contribution < 1.29 is 14.6 Å². The highest BCUT2D eigenvalue weighted by Crippen LogP contribution is 2.18. The van der Waals surface area contributed by atoms with Gasteiger partial charge in [-0.05, 0) is 51.0 Å². The van der Waals surface area contributed by atoms with Crippen molar-refractivity contribution in [2.75, 3.05) is 19.7 Å². The van der Waals surface area contributed by atoms with Crippen LogP contribution in [-0.2, 0) is 0 Å². The van der Waals surface area contributed by atoms with Gasteiger partial charge < -0.3 is 14.7 Å². The van der Waals surface area contributed by atoms with Crippen molar-refractivity contribution in [1.82, 2.24) is 4.90 Å². The lowest BCUT2D eigenvalue weighted by molar-refractivity contribution is 0.0546. The first-order valence-corrected chi connectivity index (χ1v) is 7.40. The molecule has 0 saturated carbocycles. The predicted molar refractivity (Wildman–Crippen MR) is 82.5 cm³/mol. The Morgan fingerprint density at radius 3 is 2.76 bits per heavy atom. The van der Waals surface area contributed by atoms with Crippen molar-refractivity contribution in [3.63, 3.8) is 0 Å². The molecule has 0 unspecified atom stereocenters. The molecule has 1 amide bonds. The van der Waals surface area contributed by atoms with Gasteiger partial charge in [0.15, 0.2) is 0 Å². The number of likely N-dealkylation sites (tertiary alicyclic amines) is 1. The van der Waals surface area contributed by atoms with Crippen LogP contribution in [0.1, 0.15) is 37.0 Å². The molecule has 0 aromatic heterocycles. The lowest BCUT2D eigenvalue weighted by Gasteiger charge is -2.29. The number of ether oxygens (including phenoxy) is 1. The van der Waals surface area contributed by atoms with Gasteiger partial charge in [0, 0.05) is 18.7 Å². The van der Waals surface area contributed by atoms with Crippen LogP contribution in [-0.4, -0.2) is 41.7 Å². The number of amides is 1. The summed E-state index contributed by atoms with van der Waals surface area (Å²) < 4.78 is 5.62. The van der Waals surface area contributed by atoms with E-state index in [1.165, 1.54) is 5.57 Å². The number of allylic oxidation sites excluding steroid dienone is 1. The highest BCUT2D eigenvalue weighted by atomic mass is 16.5. The topological polar surface area (TPSA) is 49.8 Å². The lowest BCUT2D eigenvalue weighted by atomic mass is 10.1. The molecule has 21 heavy (non-hydrogen) atoms. The molecular formula is C17H23NO3. The smallest absolute Gasteiger partial charge is 0.253 e. The van der Waals surface area contributed by atoms with E-state index in [1.54, 1.807) is 17.0 Å². The first-order chi connectivity index (χ1) is 10.1. The molecule has 1 heterocycles. The summed E-state index contributed by atoms with van der Waals surface area (Å²) in [6.45, 7) is 5.78. The number of carbonyl (C=O) groups is 1. The molecule has 0 radical (unpaired) electrons. The molecule has 1 saturated heterocycles. The summed E-state index contributed by atoms with van der Waals surface area (Å²) in [6, 6.07) is 7.28. The summed E-state index contributed by atoms with van der Waals surface area (Å²) in [6.07, 6.45) is 3.04. The number of hydrogen-bond acceptors (Lipinski definition) is 3. The summed E-state index contributed by atoms with van der Waals surface area (Å²) in [5.74, 6) is 0.713. The summed E-state index contributed by atoms with van der Waals surface area (Å²) in [5.41, 5.74) is 1.84. The molecule has 1 aliphatic heterocycles.